The molecule has 0 aliphatic heterocycles. The highest BCUT2D eigenvalue weighted by Crippen LogP contribution is 2.09. The minimum atomic E-state index is 1.08. The van der Waals surface area contributed by atoms with E-state index in [9.17, 15) is 0 Å². The molecule has 0 saturated heterocycles. The molecule has 2 rings (SSSR count). The van der Waals surface area contributed by atoms with Gasteiger partial charge in [-0.1, -0.05) is 19.1 Å². The number of pyridine rings is 1. The van der Waals surface area contributed by atoms with E-state index in [0.29, 0.717) is 0 Å². The molecule has 0 radical (unpaired) electrons. The molecule has 0 atom stereocenters. The number of fused-ring (bicyclic) bond motifs is 1. The number of aryl methyl sites for hydroxylation is 2. The van der Waals surface area contributed by atoms with E-state index in [4.69, 9.17) is 0 Å². The molecule has 0 saturated carbocycles. The first kappa shape index (κ1) is 8.24. The van der Waals surface area contributed by atoms with Crippen molar-refractivity contribution in [3.8, 4) is 0 Å². The summed E-state index contributed by atoms with van der Waals surface area (Å²) in [5.74, 6) is 0. The van der Waals surface area contributed by atoms with Gasteiger partial charge in [-0.15, -0.1) is 0 Å². The summed E-state index contributed by atoms with van der Waals surface area (Å²) in [6, 6.07) is 12.9. The third-order valence-corrected chi connectivity index (χ3v) is 2.55. The van der Waals surface area contributed by atoms with Gasteiger partial charge in [-0.05, 0) is 12.1 Å². The Labute approximate surface area is 78.6 Å². The maximum atomic E-state index is 2.26. The Balaban J connectivity index is 2.79. The Morgan fingerprint density at radius 2 is 1.85 bits per heavy atom. The first-order valence-electron chi connectivity index (χ1n) is 4.69. The third kappa shape index (κ3) is 1.31. The van der Waals surface area contributed by atoms with E-state index in [2.05, 4.69) is 54.9 Å². The second-order valence-corrected chi connectivity index (χ2v) is 3.30. The van der Waals surface area contributed by atoms with Gasteiger partial charge in [0, 0.05) is 23.9 Å². The molecular weight excluding hydrogens is 158 g/mol. The molecule has 0 fully saturated rings. The number of rotatable bonds is 1. The lowest BCUT2D eigenvalue weighted by Crippen LogP contribution is -2.33. The Kier molecular flexibility index (Phi) is 2.01. The summed E-state index contributed by atoms with van der Waals surface area (Å²) in [4.78, 5) is 0. The molecule has 0 aliphatic rings. The van der Waals surface area contributed by atoms with Crippen molar-refractivity contribution in [2.24, 2.45) is 7.05 Å². The van der Waals surface area contributed by atoms with Gasteiger partial charge in [0.05, 0.1) is 0 Å². The molecule has 1 aromatic heterocycles. The standard InChI is InChI=1S/C12H14N/c1-3-11-9-8-10-6-4-5-7-12(10)13(11)2/h4-9H,3H2,1-2H3/q+1. The predicted molar refractivity (Wildman–Crippen MR) is 54.5 cm³/mol. The molecule has 0 spiro atoms. The molecule has 1 heteroatoms. The van der Waals surface area contributed by atoms with Crippen molar-refractivity contribution in [1.82, 2.24) is 0 Å². The SMILES string of the molecule is CCc1ccc2ccccc2[n+]1C. The summed E-state index contributed by atoms with van der Waals surface area (Å²) < 4.78 is 2.26. The van der Waals surface area contributed by atoms with E-state index in [0.717, 1.165) is 6.42 Å². The molecule has 0 aliphatic carbocycles. The lowest BCUT2D eigenvalue weighted by Gasteiger charge is -2.00. The van der Waals surface area contributed by atoms with Gasteiger partial charge >= 0.3 is 0 Å². The highest BCUT2D eigenvalue weighted by molar-refractivity contribution is 5.75. The summed E-state index contributed by atoms with van der Waals surface area (Å²) in [7, 11) is 2.13. The van der Waals surface area contributed by atoms with Crippen LogP contribution in [0.3, 0.4) is 0 Å². The van der Waals surface area contributed by atoms with Gasteiger partial charge in [0.15, 0.2) is 5.69 Å². The second-order valence-electron chi connectivity index (χ2n) is 3.30. The fourth-order valence-electron chi connectivity index (χ4n) is 1.74. The minimum absolute atomic E-state index is 1.08. The van der Waals surface area contributed by atoms with Gasteiger partial charge in [0.2, 0.25) is 5.52 Å². The molecule has 1 aromatic carbocycles. The third-order valence-electron chi connectivity index (χ3n) is 2.55. The van der Waals surface area contributed by atoms with E-state index in [-0.39, 0.29) is 0 Å². The van der Waals surface area contributed by atoms with Crippen molar-refractivity contribution in [2.75, 3.05) is 0 Å². The van der Waals surface area contributed by atoms with Crippen LogP contribution >= 0.6 is 0 Å². The van der Waals surface area contributed by atoms with Crippen LogP contribution in [0.5, 0.6) is 0 Å². The van der Waals surface area contributed by atoms with Crippen molar-refractivity contribution in [2.45, 2.75) is 13.3 Å². The fraction of sp³-hybridized carbons (Fsp3) is 0.250. The maximum Gasteiger partial charge on any atom is 0.212 e. The molecule has 0 N–H and O–H groups in total. The molecule has 0 amide bonds. The molecule has 1 heterocycles. The van der Waals surface area contributed by atoms with Crippen LogP contribution in [0.25, 0.3) is 10.9 Å². The van der Waals surface area contributed by atoms with Gasteiger partial charge in [-0.3, -0.25) is 0 Å². The molecule has 13 heavy (non-hydrogen) atoms. The minimum Gasteiger partial charge on any atom is -0.198 e. The Morgan fingerprint density at radius 1 is 1.08 bits per heavy atom. The van der Waals surface area contributed by atoms with Crippen LogP contribution in [0.15, 0.2) is 36.4 Å². The largest absolute Gasteiger partial charge is 0.212 e. The smallest absolute Gasteiger partial charge is 0.198 e. The number of hydrogen-bond donors (Lipinski definition) is 0. The van der Waals surface area contributed by atoms with Crippen LogP contribution < -0.4 is 4.57 Å². The monoisotopic (exact) mass is 172 g/mol. The van der Waals surface area contributed by atoms with E-state index < -0.39 is 0 Å². The Morgan fingerprint density at radius 3 is 2.62 bits per heavy atom. The van der Waals surface area contributed by atoms with Gasteiger partial charge < -0.3 is 0 Å². The Hall–Kier alpha value is -1.37. The highest BCUT2D eigenvalue weighted by Gasteiger charge is 2.07. The van der Waals surface area contributed by atoms with Crippen LogP contribution in [0, 0.1) is 0 Å². The summed E-state index contributed by atoms with van der Waals surface area (Å²) in [5.41, 5.74) is 2.68. The lowest BCUT2D eigenvalue weighted by atomic mass is 10.2. The Bertz CT molecular complexity index is 432. The topological polar surface area (TPSA) is 3.88 Å². The molecular formula is C12H14N+. The molecule has 66 valence electrons. The zero-order chi connectivity index (χ0) is 9.26. The van der Waals surface area contributed by atoms with Crippen LogP contribution in [-0.2, 0) is 13.5 Å². The van der Waals surface area contributed by atoms with E-state index in [1.807, 2.05) is 0 Å². The number of hydrogen-bond acceptors (Lipinski definition) is 0. The summed E-state index contributed by atoms with van der Waals surface area (Å²) in [5, 5.41) is 1.31. The predicted octanol–water partition coefficient (Wildman–Crippen LogP) is 2.23. The molecule has 1 nitrogen and oxygen atoms in total. The molecule has 0 unspecified atom stereocenters. The normalized spacial score (nSPS) is 10.6. The van der Waals surface area contributed by atoms with Gasteiger partial charge in [-0.25, -0.2) is 0 Å². The number of aromatic nitrogens is 1. The summed E-state index contributed by atoms with van der Waals surface area (Å²) in [6.45, 7) is 2.18. The highest BCUT2D eigenvalue weighted by atomic mass is 14.9. The van der Waals surface area contributed by atoms with Crippen molar-refractivity contribution in [3.05, 3.63) is 42.1 Å². The van der Waals surface area contributed by atoms with Crippen LogP contribution in [-0.4, -0.2) is 0 Å². The fourth-order valence-corrected chi connectivity index (χ4v) is 1.74. The molecule has 2 aromatic rings. The van der Waals surface area contributed by atoms with Gasteiger partial charge in [0.1, 0.15) is 7.05 Å². The van der Waals surface area contributed by atoms with E-state index in [1.165, 1.54) is 16.6 Å². The number of para-hydroxylation sites is 1. The zero-order valence-electron chi connectivity index (χ0n) is 8.12. The van der Waals surface area contributed by atoms with E-state index in [1.54, 1.807) is 0 Å². The van der Waals surface area contributed by atoms with Crippen LogP contribution in [0.1, 0.15) is 12.6 Å². The number of nitrogens with zero attached hydrogens (tertiary/aromatic N) is 1. The van der Waals surface area contributed by atoms with Crippen molar-refractivity contribution >= 4 is 10.9 Å². The molecule has 0 bridgehead atoms. The first-order valence-corrected chi connectivity index (χ1v) is 4.69. The quantitative estimate of drug-likeness (QED) is 0.581. The average Bonchev–Trinajstić information content (AvgIpc) is 2.19. The van der Waals surface area contributed by atoms with Crippen molar-refractivity contribution in [3.63, 3.8) is 0 Å². The maximum absolute atomic E-state index is 2.26. The van der Waals surface area contributed by atoms with E-state index >= 15 is 0 Å². The summed E-state index contributed by atoms with van der Waals surface area (Å²) in [6.07, 6.45) is 1.08. The lowest BCUT2D eigenvalue weighted by molar-refractivity contribution is -0.652. The first-order chi connectivity index (χ1) is 6.33. The van der Waals surface area contributed by atoms with Crippen molar-refractivity contribution in [1.29, 1.82) is 0 Å². The zero-order valence-corrected chi connectivity index (χ0v) is 8.12. The average molecular weight is 172 g/mol. The van der Waals surface area contributed by atoms with Crippen LogP contribution in [0.4, 0.5) is 0 Å². The van der Waals surface area contributed by atoms with Crippen LogP contribution in [0.2, 0.25) is 0 Å². The number of benzene rings is 1. The van der Waals surface area contributed by atoms with Gasteiger partial charge in [0.25, 0.3) is 0 Å². The second kappa shape index (κ2) is 3.17. The van der Waals surface area contributed by atoms with Crippen molar-refractivity contribution < 1.29 is 4.57 Å². The van der Waals surface area contributed by atoms with Gasteiger partial charge in [-0.2, -0.15) is 4.57 Å². The summed E-state index contributed by atoms with van der Waals surface area (Å²) >= 11 is 0.